The number of esters is 1. The van der Waals surface area contributed by atoms with E-state index in [1.807, 2.05) is 0 Å². The Morgan fingerprint density at radius 3 is 2.56 bits per heavy atom. The highest BCUT2D eigenvalue weighted by molar-refractivity contribution is 8.13. The van der Waals surface area contributed by atoms with Crippen molar-refractivity contribution in [3.63, 3.8) is 0 Å². The van der Waals surface area contributed by atoms with Crippen molar-refractivity contribution < 1.29 is 24.2 Å². The first-order valence-electron chi connectivity index (χ1n) is 5.31. The number of carbonyl (C=O) groups excluding carboxylic acids is 2. The average Bonchev–Trinajstić information content (AvgIpc) is 2.26. The Morgan fingerprint density at radius 2 is 2.06 bits per heavy atom. The molecule has 6 heteroatoms. The summed E-state index contributed by atoms with van der Waals surface area (Å²) >= 11 is 1.15. The van der Waals surface area contributed by atoms with Crippen LogP contribution in [0.25, 0.3) is 0 Å². The molecule has 1 atom stereocenters. The van der Waals surface area contributed by atoms with Crippen molar-refractivity contribution in [2.45, 2.75) is 25.9 Å². The number of aliphatic carboxylic acids is 1. The number of hydrogen-bond acceptors (Lipinski definition) is 5. The van der Waals surface area contributed by atoms with Crippen LogP contribution < -0.4 is 0 Å². The summed E-state index contributed by atoms with van der Waals surface area (Å²) in [5, 5.41) is 8.35. The van der Waals surface area contributed by atoms with Gasteiger partial charge in [0.05, 0.1) is 0 Å². The van der Waals surface area contributed by atoms with Crippen LogP contribution in [0, 0.1) is 0 Å². The number of carboxylic acid groups (broad SMARTS) is 1. The number of thioether (sulfide) groups is 1. The van der Waals surface area contributed by atoms with Gasteiger partial charge in [0.25, 0.3) is 0 Å². The molecule has 0 saturated carbocycles. The predicted octanol–water partition coefficient (Wildman–Crippen LogP) is 1.78. The van der Waals surface area contributed by atoms with Gasteiger partial charge in [-0.15, -0.1) is 6.58 Å². The van der Waals surface area contributed by atoms with Crippen LogP contribution in [0.5, 0.6) is 0 Å². The fraction of sp³-hybridized carbons (Fsp3) is 0.417. The molecule has 0 aliphatic rings. The van der Waals surface area contributed by atoms with Gasteiger partial charge in [0.1, 0.15) is 6.10 Å². The minimum atomic E-state index is -1.21. The normalized spacial score (nSPS) is 12.1. The van der Waals surface area contributed by atoms with E-state index in [2.05, 4.69) is 6.58 Å². The van der Waals surface area contributed by atoms with Gasteiger partial charge in [-0.05, 0) is 6.42 Å². The third-order valence-electron chi connectivity index (χ3n) is 1.82. The van der Waals surface area contributed by atoms with Crippen molar-refractivity contribution >= 4 is 28.8 Å². The maximum Gasteiger partial charge on any atom is 0.331 e. The zero-order valence-corrected chi connectivity index (χ0v) is 10.9. The van der Waals surface area contributed by atoms with E-state index < -0.39 is 11.9 Å². The summed E-state index contributed by atoms with van der Waals surface area (Å²) in [7, 11) is 0. The summed E-state index contributed by atoms with van der Waals surface area (Å²) in [6, 6.07) is 0. The Morgan fingerprint density at radius 1 is 1.39 bits per heavy atom. The topological polar surface area (TPSA) is 80.7 Å². The van der Waals surface area contributed by atoms with Crippen LogP contribution in [-0.2, 0) is 19.1 Å². The van der Waals surface area contributed by atoms with Gasteiger partial charge >= 0.3 is 11.9 Å². The summed E-state index contributed by atoms with van der Waals surface area (Å²) in [4.78, 5) is 32.2. The summed E-state index contributed by atoms with van der Waals surface area (Å²) in [5.41, 5.74) is 0. The number of carboxylic acids is 1. The number of rotatable bonds is 8. The molecule has 0 radical (unpaired) electrons. The van der Waals surface area contributed by atoms with Crippen molar-refractivity contribution in [2.24, 2.45) is 0 Å². The summed E-state index contributed by atoms with van der Waals surface area (Å²) in [6.45, 7) is 5.02. The van der Waals surface area contributed by atoms with Gasteiger partial charge in [0, 0.05) is 31.2 Å². The highest BCUT2D eigenvalue weighted by Gasteiger charge is 2.12. The second-order valence-corrected chi connectivity index (χ2v) is 4.66. The molecule has 5 nitrogen and oxygen atoms in total. The Bertz CT molecular complexity index is 348. The number of carbonyl (C=O) groups is 3. The van der Waals surface area contributed by atoms with Crippen LogP contribution in [0.4, 0.5) is 0 Å². The largest absolute Gasteiger partial charge is 0.478 e. The summed E-state index contributed by atoms with van der Waals surface area (Å²) < 4.78 is 5.04. The standard InChI is InChI=1S/C12H16O5S/c1-3-4-10(7-8-18-9(2)13)17-12(16)6-5-11(14)15/h3,5-6,10H,1,4,7-8H2,2H3,(H,14,15)/b6-5-. The molecule has 0 aliphatic heterocycles. The highest BCUT2D eigenvalue weighted by atomic mass is 32.2. The van der Waals surface area contributed by atoms with Crippen molar-refractivity contribution in [1.82, 2.24) is 0 Å². The molecule has 1 unspecified atom stereocenters. The molecule has 100 valence electrons. The monoisotopic (exact) mass is 272 g/mol. The van der Waals surface area contributed by atoms with Crippen LogP contribution in [0.2, 0.25) is 0 Å². The van der Waals surface area contributed by atoms with Crippen molar-refractivity contribution in [1.29, 1.82) is 0 Å². The minimum Gasteiger partial charge on any atom is -0.478 e. The molecule has 18 heavy (non-hydrogen) atoms. The molecule has 0 spiro atoms. The first-order chi connectivity index (χ1) is 8.45. The number of hydrogen-bond donors (Lipinski definition) is 1. The Kier molecular flexibility index (Phi) is 8.65. The lowest BCUT2D eigenvalue weighted by Gasteiger charge is -2.14. The van der Waals surface area contributed by atoms with E-state index >= 15 is 0 Å². The second kappa shape index (κ2) is 9.47. The fourth-order valence-corrected chi connectivity index (χ4v) is 1.76. The van der Waals surface area contributed by atoms with Crippen LogP contribution in [0.15, 0.2) is 24.8 Å². The first kappa shape index (κ1) is 16.4. The van der Waals surface area contributed by atoms with Gasteiger partial charge in [0.2, 0.25) is 0 Å². The molecule has 1 N–H and O–H groups in total. The van der Waals surface area contributed by atoms with Gasteiger partial charge in [-0.2, -0.15) is 0 Å². The first-order valence-corrected chi connectivity index (χ1v) is 6.30. The van der Waals surface area contributed by atoms with E-state index in [9.17, 15) is 14.4 Å². The summed E-state index contributed by atoms with van der Waals surface area (Å²) in [6.07, 6.45) is 3.78. The van der Waals surface area contributed by atoms with Crippen LogP contribution >= 0.6 is 11.8 Å². The van der Waals surface area contributed by atoms with Gasteiger partial charge in [-0.25, -0.2) is 9.59 Å². The molecule has 0 aromatic carbocycles. The van der Waals surface area contributed by atoms with Crippen LogP contribution in [-0.4, -0.2) is 34.0 Å². The Balaban J connectivity index is 4.16. The molecular weight excluding hydrogens is 256 g/mol. The molecule has 0 amide bonds. The van der Waals surface area contributed by atoms with E-state index in [4.69, 9.17) is 9.84 Å². The molecule has 0 saturated heterocycles. The van der Waals surface area contributed by atoms with Gasteiger partial charge in [-0.1, -0.05) is 17.8 Å². The fourth-order valence-electron chi connectivity index (χ4n) is 1.09. The smallest absolute Gasteiger partial charge is 0.331 e. The van der Waals surface area contributed by atoms with Crippen molar-refractivity contribution in [3.05, 3.63) is 24.8 Å². The summed E-state index contributed by atoms with van der Waals surface area (Å²) in [5.74, 6) is -1.37. The molecular formula is C12H16O5S. The molecule has 0 fully saturated rings. The zero-order chi connectivity index (χ0) is 14.0. The lowest BCUT2D eigenvalue weighted by Crippen LogP contribution is -2.17. The Labute approximate surface area is 110 Å². The van der Waals surface area contributed by atoms with Gasteiger partial charge in [0.15, 0.2) is 5.12 Å². The number of ether oxygens (including phenoxy) is 1. The maximum atomic E-state index is 11.2. The van der Waals surface area contributed by atoms with Crippen LogP contribution in [0.3, 0.4) is 0 Å². The molecule has 0 aliphatic carbocycles. The van der Waals surface area contributed by atoms with E-state index in [0.29, 0.717) is 18.6 Å². The third-order valence-corrected chi connectivity index (χ3v) is 2.67. The maximum absolute atomic E-state index is 11.2. The van der Waals surface area contributed by atoms with Crippen molar-refractivity contribution in [2.75, 3.05) is 5.75 Å². The van der Waals surface area contributed by atoms with Gasteiger partial charge in [-0.3, -0.25) is 4.79 Å². The minimum absolute atomic E-state index is 0.00412. The van der Waals surface area contributed by atoms with Crippen molar-refractivity contribution in [3.8, 4) is 0 Å². The van der Waals surface area contributed by atoms with Gasteiger partial charge < -0.3 is 9.84 Å². The molecule has 0 heterocycles. The van der Waals surface area contributed by atoms with E-state index in [1.165, 1.54) is 6.92 Å². The average molecular weight is 272 g/mol. The third kappa shape index (κ3) is 9.65. The predicted molar refractivity (Wildman–Crippen MR) is 69.2 cm³/mol. The van der Waals surface area contributed by atoms with E-state index in [0.717, 1.165) is 23.9 Å². The second-order valence-electron chi connectivity index (χ2n) is 3.38. The van der Waals surface area contributed by atoms with E-state index in [1.54, 1.807) is 6.08 Å². The molecule has 0 aromatic heterocycles. The molecule has 0 bridgehead atoms. The van der Waals surface area contributed by atoms with Crippen LogP contribution in [0.1, 0.15) is 19.8 Å². The highest BCUT2D eigenvalue weighted by Crippen LogP contribution is 2.11. The lowest BCUT2D eigenvalue weighted by atomic mass is 10.2. The SMILES string of the molecule is C=CCC(CCSC(C)=O)OC(=O)/C=C\C(=O)O. The quantitative estimate of drug-likeness (QED) is 0.412. The zero-order valence-electron chi connectivity index (χ0n) is 10.1. The van der Waals surface area contributed by atoms with E-state index in [-0.39, 0.29) is 11.2 Å². The molecule has 0 aromatic rings. The Hall–Kier alpha value is -1.56. The lowest BCUT2D eigenvalue weighted by molar-refractivity contribution is -0.143. The molecule has 0 rings (SSSR count).